The van der Waals surface area contributed by atoms with Crippen molar-refractivity contribution in [2.45, 2.75) is 58.0 Å². The topological polar surface area (TPSA) is 87.7 Å². The summed E-state index contributed by atoms with van der Waals surface area (Å²) in [7, 11) is 1.64. The number of benzene rings is 4. The van der Waals surface area contributed by atoms with Crippen LogP contribution in [0.4, 0.5) is 0 Å². The van der Waals surface area contributed by atoms with Crippen LogP contribution in [-0.2, 0) is 17.9 Å². The molecule has 55 heavy (non-hydrogen) atoms. The van der Waals surface area contributed by atoms with Crippen molar-refractivity contribution in [2.24, 2.45) is 11.8 Å². The summed E-state index contributed by atoms with van der Waals surface area (Å²) >= 11 is 1.32. The summed E-state index contributed by atoms with van der Waals surface area (Å²) in [6, 6.07) is 32.0. The lowest BCUT2D eigenvalue weighted by Gasteiger charge is -2.32. The van der Waals surface area contributed by atoms with Crippen molar-refractivity contribution in [3.63, 3.8) is 0 Å². The molecule has 8 nitrogen and oxygen atoms in total. The first-order valence-corrected chi connectivity index (χ1v) is 20.5. The van der Waals surface area contributed by atoms with Crippen molar-refractivity contribution in [2.75, 3.05) is 33.3 Å². The fourth-order valence-electron chi connectivity index (χ4n) is 7.91. The Hall–Kier alpha value is -5.12. The molecule has 0 atom stereocenters. The number of piperidine rings is 2. The molecular formula is C46H51N5O3S. The Kier molecular flexibility index (Phi) is 13.2. The highest BCUT2D eigenvalue weighted by atomic mass is 32.1. The van der Waals surface area contributed by atoms with Gasteiger partial charge in [-0.1, -0.05) is 84.4 Å². The van der Waals surface area contributed by atoms with Crippen molar-refractivity contribution in [3.8, 4) is 28.1 Å². The lowest BCUT2D eigenvalue weighted by Crippen LogP contribution is -2.38. The van der Waals surface area contributed by atoms with Crippen LogP contribution in [-0.4, -0.2) is 64.5 Å². The zero-order chi connectivity index (χ0) is 37.8. The van der Waals surface area contributed by atoms with Crippen LogP contribution in [0.2, 0.25) is 0 Å². The van der Waals surface area contributed by atoms with Gasteiger partial charge in [0, 0.05) is 48.8 Å². The minimum Gasteiger partial charge on any atom is -0.497 e. The second-order valence-electron chi connectivity index (χ2n) is 14.9. The number of nitrogens with one attached hydrogen (secondary N) is 1. The first kappa shape index (κ1) is 38.2. The van der Waals surface area contributed by atoms with Gasteiger partial charge in [-0.15, -0.1) is 5.10 Å². The van der Waals surface area contributed by atoms with E-state index in [9.17, 15) is 9.59 Å². The molecule has 2 saturated heterocycles. The van der Waals surface area contributed by atoms with Gasteiger partial charge in [0.1, 0.15) is 11.4 Å². The third-order valence-electron chi connectivity index (χ3n) is 11.1. The number of carbonyl (C=O) groups excluding carboxylic acids is 2. The normalized spacial score (nSPS) is 15.3. The molecule has 0 aliphatic carbocycles. The van der Waals surface area contributed by atoms with Gasteiger partial charge in [0.15, 0.2) is 0 Å². The van der Waals surface area contributed by atoms with Gasteiger partial charge in [0.2, 0.25) is 5.91 Å². The van der Waals surface area contributed by atoms with Gasteiger partial charge in [-0.2, -0.15) is 0 Å². The Morgan fingerprint density at radius 3 is 2.13 bits per heavy atom. The molecule has 1 aromatic heterocycles. The number of amides is 2. The molecule has 0 spiro atoms. The van der Waals surface area contributed by atoms with E-state index in [-0.39, 0.29) is 11.8 Å². The van der Waals surface area contributed by atoms with Gasteiger partial charge >= 0.3 is 0 Å². The molecule has 4 aromatic carbocycles. The largest absolute Gasteiger partial charge is 0.497 e. The maximum absolute atomic E-state index is 13.9. The molecule has 2 aliphatic heterocycles. The predicted octanol–water partition coefficient (Wildman–Crippen LogP) is 9.15. The Morgan fingerprint density at radius 1 is 0.818 bits per heavy atom. The molecule has 284 valence electrons. The fraction of sp³-hybridized carbons (Fsp3) is 0.348. The van der Waals surface area contributed by atoms with E-state index in [1.54, 1.807) is 13.2 Å². The summed E-state index contributed by atoms with van der Waals surface area (Å²) in [5, 5.41) is 9.63. The first-order valence-electron chi connectivity index (χ1n) is 19.7. The van der Waals surface area contributed by atoms with Crippen LogP contribution in [0.25, 0.3) is 28.5 Å². The third kappa shape index (κ3) is 10.6. The van der Waals surface area contributed by atoms with Gasteiger partial charge in [0.25, 0.3) is 5.91 Å². The molecule has 9 heteroatoms. The van der Waals surface area contributed by atoms with Crippen molar-refractivity contribution >= 4 is 29.4 Å². The standard InChI is InChI=1S/C46H51N5O3S/c1-54-43-17-14-36(15-18-43)16-19-45(52)51(32-38-9-4-12-41(29-38)44-33-55-49-48-44)31-37-8-3-10-39(28-37)40-11-5-13-42(30-40)46(53)50-26-22-35(23-27-50)7-2-6-34-20-24-47-25-21-34/h3-5,8-19,28-30,33-35,47H,2,6-7,20-27,31-32H2,1H3/b19-16+. The number of hydrogen-bond acceptors (Lipinski definition) is 7. The SMILES string of the molecule is COc1ccc(/C=C/C(=O)N(Cc2cccc(-c3cccc(C(=O)N4CCC(CCCC5CCNCC5)CC4)c3)c2)Cc2cccc(-c3csnn3)c2)cc1. The Balaban J connectivity index is 1.02. The van der Waals surface area contributed by atoms with E-state index in [4.69, 9.17) is 4.74 Å². The van der Waals surface area contributed by atoms with Crippen LogP contribution in [0.5, 0.6) is 5.75 Å². The molecule has 0 bridgehead atoms. The maximum atomic E-state index is 13.9. The van der Waals surface area contributed by atoms with Crippen LogP contribution >= 0.6 is 11.5 Å². The summed E-state index contributed by atoms with van der Waals surface area (Å²) in [6.07, 6.45) is 12.3. The van der Waals surface area contributed by atoms with E-state index in [2.05, 4.69) is 45.2 Å². The third-order valence-corrected chi connectivity index (χ3v) is 11.6. The molecule has 2 aliphatic rings. The Bertz CT molecular complexity index is 2030. The zero-order valence-electron chi connectivity index (χ0n) is 31.7. The Morgan fingerprint density at radius 2 is 1.45 bits per heavy atom. The van der Waals surface area contributed by atoms with Crippen molar-refractivity contribution in [3.05, 3.63) is 131 Å². The molecule has 1 N–H and O–H groups in total. The molecular weight excluding hydrogens is 703 g/mol. The summed E-state index contributed by atoms with van der Waals surface area (Å²) in [5.74, 6) is 2.40. The molecule has 2 fully saturated rings. The van der Waals surface area contributed by atoms with E-state index in [0.717, 1.165) is 88.2 Å². The van der Waals surface area contributed by atoms with Gasteiger partial charge < -0.3 is 19.9 Å². The molecule has 0 unspecified atom stereocenters. The van der Waals surface area contributed by atoms with Gasteiger partial charge in [-0.3, -0.25) is 9.59 Å². The van der Waals surface area contributed by atoms with Crippen LogP contribution in [0.3, 0.4) is 0 Å². The summed E-state index contributed by atoms with van der Waals surface area (Å²) in [5.41, 5.74) is 7.43. The molecule has 7 rings (SSSR count). The molecule has 3 heterocycles. The number of aromatic nitrogens is 2. The summed E-state index contributed by atoms with van der Waals surface area (Å²) in [4.78, 5) is 31.5. The van der Waals surface area contributed by atoms with E-state index in [1.807, 2.05) is 88.0 Å². The van der Waals surface area contributed by atoms with Crippen molar-refractivity contribution < 1.29 is 14.3 Å². The average molecular weight is 754 g/mol. The Labute approximate surface area is 329 Å². The summed E-state index contributed by atoms with van der Waals surface area (Å²) in [6.45, 7) is 4.83. The smallest absolute Gasteiger partial charge is 0.253 e. The van der Waals surface area contributed by atoms with Gasteiger partial charge in [-0.25, -0.2) is 0 Å². The first-order chi connectivity index (χ1) is 27.0. The summed E-state index contributed by atoms with van der Waals surface area (Å²) < 4.78 is 9.31. The molecule has 0 radical (unpaired) electrons. The van der Waals surface area contributed by atoms with E-state index in [0.29, 0.717) is 13.1 Å². The van der Waals surface area contributed by atoms with Gasteiger partial charge in [-0.05, 0) is 132 Å². The predicted molar refractivity (Wildman–Crippen MR) is 222 cm³/mol. The number of rotatable bonds is 14. The minimum absolute atomic E-state index is 0.0971. The lowest BCUT2D eigenvalue weighted by atomic mass is 9.87. The van der Waals surface area contributed by atoms with Crippen molar-refractivity contribution in [1.29, 1.82) is 0 Å². The number of likely N-dealkylation sites (tertiary alicyclic amines) is 1. The van der Waals surface area contributed by atoms with Crippen molar-refractivity contribution in [1.82, 2.24) is 24.7 Å². The highest BCUT2D eigenvalue weighted by Gasteiger charge is 2.24. The maximum Gasteiger partial charge on any atom is 0.253 e. The van der Waals surface area contributed by atoms with Gasteiger partial charge in [0.05, 0.1) is 7.11 Å². The average Bonchev–Trinajstić information content (AvgIpc) is 3.79. The van der Waals surface area contributed by atoms with Crippen LogP contribution in [0.1, 0.15) is 72.0 Å². The zero-order valence-corrected chi connectivity index (χ0v) is 32.6. The number of methoxy groups -OCH3 is 1. The second kappa shape index (κ2) is 19.0. The van der Waals surface area contributed by atoms with E-state index >= 15 is 0 Å². The number of ether oxygens (including phenoxy) is 1. The monoisotopic (exact) mass is 753 g/mol. The number of hydrogen-bond donors (Lipinski definition) is 1. The fourth-order valence-corrected chi connectivity index (χ4v) is 8.38. The van der Waals surface area contributed by atoms with Crippen LogP contribution < -0.4 is 10.1 Å². The van der Waals surface area contributed by atoms with E-state index < -0.39 is 0 Å². The van der Waals surface area contributed by atoms with Crippen LogP contribution in [0.15, 0.2) is 109 Å². The van der Waals surface area contributed by atoms with Crippen LogP contribution in [0, 0.1) is 11.8 Å². The quantitative estimate of drug-likeness (QED) is 0.114. The molecule has 0 saturated carbocycles. The molecule has 2 amide bonds. The highest BCUT2D eigenvalue weighted by molar-refractivity contribution is 7.03. The highest BCUT2D eigenvalue weighted by Crippen LogP contribution is 2.29. The number of carbonyl (C=O) groups is 2. The lowest BCUT2D eigenvalue weighted by molar-refractivity contribution is -0.127. The van der Waals surface area contributed by atoms with E-state index in [1.165, 1.54) is 56.7 Å². The molecule has 5 aromatic rings. The number of nitrogens with zero attached hydrogens (tertiary/aromatic N) is 4. The second-order valence-corrected chi connectivity index (χ2v) is 15.5. The minimum atomic E-state index is -0.0971.